The minimum atomic E-state index is 0.462. The summed E-state index contributed by atoms with van der Waals surface area (Å²) < 4.78 is 0. The van der Waals surface area contributed by atoms with Crippen molar-refractivity contribution in [3.8, 4) is 0 Å². The molecule has 1 unspecified atom stereocenters. The highest BCUT2D eigenvalue weighted by Gasteiger charge is 2.16. The van der Waals surface area contributed by atoms with Gasteiger partial charge in [0.2, 0.25) is 5.95 Å². The molecule has 0 aliphatic rings. The summed E-state index contributed by atoms with van der Waals surface area (Å²) in [5.74, 6) is 0.832. The third kappa shape index (κ3) is 3.95. The van der Waals surface area contributed by atoms with Gasteiger partial charge in [0.1, 0.15) is 0 Å². The summed E-state index contributed by atoms with van der Waals surface area (Å²) in [4.78, 5) is 11.4. The Balaban J connectivity index is 2.99. The van der Waals surface area contributed by atoms with Crippen molar-refractivity contribution < 1.29 is 0 Å². The Morgan fingerprint density at radius 3 is 2.61 bits per heavy atom. The topological polar surface area (TPSA) is 55.0 Å². The Bertz CT molecular complexity index is 365. The first-order chi connectivity index (χ1) is 8.62. The number of anilines is 1. The van der Waals surface area contributed by atoms with E-state index in [0.29, 0.717) is 12.6 Å². The molecular weight excluding hydrogens is 224 g/mol. The molecule has 4 heteroatoms. The third-order valence-electron chi connectivity index (χ3n) is 3.24. The Hall–Kier alpha value is -1.16. The zero-order valence-electron chi connectivity index (χ0n) is 12.1. The number of unbranched alkanes of at least 4 members (excludes halogenated alkanes) is 1. The maximum Gasteiger partial charge on any atom is 0.226 e. The number of nitrogens with zero attached hydrogens (tertiary/aromatic N) is 3. The van der Waals surface area contributed by atoms with Crippen molar-refractivity contribution in [2.75, 3.05) is 11.4 Å². The average molecular weight is 250 g/mol. The molecule has 1 aromatic heterocycles. The molecule has 1 rings (SSSR count). The molecule has 18 heavy (non-hydrogen) atoms. The van der Waals surface area contributed by atoms with E-state index in [1.807, 2.05) is 13.0 Å². The van der Waals surface area contributed by atoms with Crippen molar-refractivity contribution in [1.82, 2.24) is 9.97 Å². The number of aromatic nitrogens is 2. The zero-order chi connectivity index (χ0) is 13.5. The van der Waals surface area contributed by atoms with Crippen LogP contribution in [0.1, 0.15) is 51.4 Å². The van der Waals surface area contributed by atoms with Gasteiger partial charge in [-0.2, -0.15) is 0 Å². The molecule has 0 spiro atoms. The van der Waals surface area contributed by atoms with Gasteiger partial charge in [0.05, 0.1) is 5.69 Å². The predicted octanol–water partition coefficient (Wildman–Crippen LogP) is 2.65. The summed E-state index contributed by atoms with van der Waals surface area (Å²) in [6.45, 7) is 10.1. The number of aryl methyl sites for hydroxylation is 1. The summed E-state index contributed by atoms with van der Waals surface area (Å²) in [5, 5.41) is 0. The molecule has 1 aromatic rings. The monoisotopic (exact) mass is 250 g/mol. The number of nitrogens with two attached hydrogens (primary N) is 1. The Morgan fingerprint density at radius 1 is 1.33 bits per heavy atom. The molecule has 2 N–H and O–H groups in total. The first-order valence-corrected chi connectivity index (χ1v) is 6.93. The van der Waals surface area contributed by atoms with Crippen molar-refractivity contribution in [2.45, 2.75) is 59.5 Å². The molecule has 0 bridgehead atoms. The number of hydrogen-bond acceptors (Lipinski definition) is 4. The van der Waals surface area contributed by atoms with Crippen molar-refractivity contribution in [3.63, 3.8) is 0 Å². The second-order valence-corrected chi connectivity index (χ2v) is 4.81. The molecule has 0 fully saturated rings. The molecule has 0 saturated heterocycles. The smallest absolute Gasteiger partial charge is 0.226 e. The number of hydrogen-bond donors (Lipinski definition) is 1. The van der Waals surface area contributed by atoms with Gasteiger partial charge >= 0.3 is 0 Å². The Kier molecular flexibility index (Phi) is 6.05. The van der Waals surface area contributed by atoms with Crippen LogP contribution in [-0.4, -0.2) is 22.6 Å². The van der Waals surface area contributed by atoms with Gasteiger partial charge in [0.15, 0.2) is 0 Å². The molecule has 102 valence electrons. The second kappa shape index (κ2) is 7.31. The van der Waals surface area contributed by atoms with E-state index in [1.165, 1.54) is 12.8 Å². The molecule has 4 nitrogen and oxygen atoms in total. The molecule has 0 saturated carbocycles. The van der Waals surface area contributed by atoms with Gasteiger partial charge in [-0.05, 0) is 32.8 Å². The second-order valence-electron chi connectivity index (χ2n) is 4.81. The van der Waals surface area contributed by atoms with E-state index in [2.05, 4.69) is 35.6 Å². The van der Waals surface area contributed by atoms with Gasteiger partial charge < -0.3 is 10.6 Å². The van der Waals surface area contributed by atoms with Gasteiger partial charge in [0, 0.05) is 24.8 Å². The van der Waals surface area contributed by atoms with E-state index in [9.17, 15) is 0 Å². The average Bonchev–Trinajstić information content (AvgIpc) is 2.38. The highest BCUT2D eigenvalue weighted by atomic mass is 15.3. The van der Waals surface area contributed by atoms with Crippen LogP contribution in [0, 0.1) is 6.92 Å². The SMILES string of the molecule is CCCCN(c1nc(C)cc(CN)n1)C(C)CC. The van der Waals surface area contributed by atoms with Crippen molar-refractivity contribution >= 4 is 5.95 Å². The fourth-order valence-electron chi connectivity index (χ4n) is 1.92. The normalized spacial score (nSPS) is 12.5. The molecule has 1 atom stereocenters. The van der Waals surface area contributed by atoms with Gasteiger partial charge in [-0.25, -0.2) is 9.97 Å². The Morgan fingerprint density at radius 2 is 2.06 bits per heavy atom. The molecule has 0 amide bonds. The van der Waals surface area contributed by atoms with Gasteiger partial charge in [-0.1, -0.05) is 20.3 Å². The van der Waals surface area contributed by atoms with Crippen molar-refractivity contribution in [2.24, 2.45) is 5.73 Å². The van der Waals surface area contributed by atoms with Crippen molar-refractivity contribution in [1.29, 1.82) is 0 Å². The zero-order valence-corrected chi connectivity index (χ0v) is 12.1. The van der Waals surface area contributed by atoms with Crippen LogP contribution in [0.15, 0.2) is 6.07 Å². The third-order valence-corrected chi connectivity index (χ3v) is 3.24. The van der Waals surface area contributed by atoms with E-state index >= 15 is 0 Å². The summed E-state index contributed by atoms with van der Waals surface area (Å²) in [7, 11) is 0. The highest BCUT2D eigenvalue weighted by molar-refractivity contribution is 5.33. The summed E-state index contributed by atoms with van der Waals surface area (Å²) in [6, 6.07) is 2.42. The molecule has 0 aliphatic carbocycles. The molecule has 0 aliphatic heterocycles. The van der Waals surface area contributed by atoms with Gasteiger partial charge in [-0.3, -0.25) is 0 Å². The van der Waals surface area contributed by atoms with E-state index < -0.39 is 0 Å². The fraction of sp³-hybridized carbons (Fsp3) is 0.714. The van der Waals surface area contributed by atoms with E-state index in [0.717, 1.165) is 30.3 Å². The van der Waals surface area contributed by atoms with Crippen LogP contribution in [0.4, 0.5) is 5.95 Å². The summed E-state index contributed by atoms with van der Waals surface area (Å²) in [5.41, 5.74) is 7.60. The van der Waals surface area contributed by atoms with Crippen LogP contribution in [0.3, 0.4) is 0 Å². The lowest BCUT2D eigenvalue weighted by Gasteiger charge is -2.29. The van der Waals surface area contributed by atoms with Crippen LogP contribution in [0.25, 0.3) is 0 Å². The van der Waals surface area contributed by atoms with Crippen LogP contribution < -0.4 is 10.6 Å². The molecule has 0 aromatic carbocycles. The molecule has 0 radical (unpaired) electrons. The molecular formula is C14H26N4. The first-order valence-electron chi connectivity index (χ1n) is 6.93. The lowest BCUT2D eigenvalue weighted by atomic mass is 10.2. The standard InChI is InChI=1S/C14H26N4/c1-5-7-8-18(12(4)6-2)14-16-11(3)9-13(10-15)17-14/h9,12H,5-8,10,15H2,1-4H3. The maximum atomic E-state index is 5.69. The Labute approximate surface area is 111 Å². The maximum absolute atomic E-state index is 5.69. The van der Waals surface area contributed by atoms with Crippen LogP contribution in [0.2, 0.25) is 0 Å². The predicted molar refractivity (Wildman–Crippen MR) is 76.7 cm³/mol. The van der Waals surface area contributed by atoms with E-state index in [4.69, 9.17) is 5.73 Å². The summed E-state index contributed by atoms with van der Waals surface area (Å²) >= 11 is 0. The fourth-order valence-corrected chi connectivity index (χ4v) is 1.92. The minimum absolute atomic E-state index is 0.462. The lowest BCUT2D eigenvalue weighted by Crippen LogP contribution is -2.35. The quantitative estimate of drug-likeness (QED) is 0.808. The minimum Gasteiger partial charge on any atom is -0.338 e. The van der Waals surface area contributed by atoms with E-state index in [1.54, 1.807) is 0 Å². The van der Waals surface area contributed by atoms with E-state index in [-0.39, 0.29) is 0 Å². The first kappa shape index (κ1) is 14.9. The van der Waals surface area contributed by atoms with Crippen molar-refractivity contribution in [3.05, 3.63) is 17.5 Å². The van der Waals surface area contributed by atoms with Crippen LogP contribution in [0.5, 0.6) is 0 Å². The highest BCUT2D eigenvalue weighted by Crippen LogP contribution is 2.16. The number of rotatable bonds is 7. The largest absolute Gasteiger partial charge is 0.338 e. The summed E-state index contributed by atoms with van der Waals surface area (Å²) in [6.07, 6.45) is 3.45. The molecule has 1 heterocycles. The van der Waals surface area contributed by atoms with Crippen LogP contribution >= 0.6 is 0 Å². The van der Waals surface area contributed by atoms with Crippen LogP contribution in [-0.2, 0) is 6.54 Å². The lowest BCUT2D eigenvalue weighted by molar-refractivity contribution is 0.580. The van der Waals surface area contributed by atoms with Gasteiger partial charge in [0.25, 0.3) is 0 Å². The van der Waals surface area contributed by atoms with Gasteiger partial charge in [-0.15, -0.1) is 0 Å².